The molecule has 3 nitrogen and oxygen atoms in total. The second-order valence-electron chi connectivity index (χ2n) is 4.83. The molecule has 8 heteroatoms. The Morgan fingerprint density at radius 2 is 1.63 bits per heavy atom. The summed E-state index contributed by atoms with van der Waals surface area (Å²) in [6.07, 6.45) is 0. The molecule has 1 aromatic carbocycles. The third-order valence-electron chi connectivity index (χ3n) is 2.16. The van der Waals surface area contributed by atoms with Gasteiger partial charge in [-0.05, 0) is 6.07 Å². The monoisotopic (exact) mass is 364 g/mol. The quantitative estimate of drug-likeness (QED) is 0.564. The van der Waals surface area contributed by atoms with Gasteiger partial charge in [-0.25, -0.2) is 8.42 Å². The lowest BCUT2D eigenvalue weighted by atomic mass is 9.98. The van der Waals surface area contributed by atoms with Crippen molar-refractivity contribution in [1.82, 2.24) is 0 Å². The first-order valence-corrected chi connectivity index (χ1v) is 8.81. The van der Waals surface area contributed by atoms with E-state index in [9.17, 15) is 8.42 Å². The van der Waals surface area contributed by atoms with Crippen molar-refractivity contribution in [2.24, 2.45) is 5.41 Å². The lowest BCUT2D eigenvalue weighted by molar-refractivity contribution is 0.200. The van der Waals surface area contributed by atoms with Gasteiger partial charge in [0.2, 0.25) is 9.05 Å². The van der Waals surface area contributed by atoms with Crippen molar-refractivity contribution in [3.63, 3.8) is 0 Å². The molecule has 1 rings (SSSR count). The third-order valence-corrected chi connectivity index (χ3v) is 4.63. The van der Waals surface area contributed by atoms with Crippen LogP contribution in [0.1, 0.15) is 13.8 Å². The Hall–Kier alpha value is 0.130. The van der Waals surface area contributed by atoms with Crippen molar-refractivity contribution in [3.05, 3.63) is 27.2 Å². The summed E-state index contributed by atoms with van der Waals surface area (Å²) < 4.78 is 27.6. The van der Waals surface area contributed by atoms with Gasteiger partial charge in [-0.3, -0.25) is 0 Å². The van der Waals surface area contributed by atoms with Crippen LogP contribution in [0.15, 0.2) is 12.1 Å². The van der Waals surface area contributed by atoms with Gasteiger partial charge in [-0.1, -0.05) is 48.7 Å². The summed E-state index contributed by atoms with van der Waals surface area (Å²) in [6.45, 7) is 3.56. The highest BCUT2D eigenvalue weighted by Crippen LogP contribution is 2.34. The normalized spacial score (nSPS) is 12.5. The van der Waals surface area contributed by atoms with Crippen molar-refractivity contribution >= 4 is 54.5 Å². The molecule has 0 aliphatic rings. The number of ether oxygens (including phenoxy) is 1. The van der Waals surface area contributed by atoms with Gasteiger partial charge < -0.3 is 4.74 Å². The summed E-state index contributed by atoms with van der Waals surface area (Å²) in [7, 11) is 1.63. The van der Waals surface area contributed by atoms with Crippen LogP contribution < -0.4 is 4.74 Å². The molecule has 1 aromatic rings. The molecule has 0 fully saturated rings. The summed E-state index contributed by atoms with van der Waals surface area (Å²) in [5.41, 5.74) is -0.657. The smallest absolute Gasteiger partial charge is 0.233 e. The maximum atomic E-state index is 11.1. The molecule has 19 heavy (non-hydrogen) atoms. The Morgan fingerprint density at radius 1 is 1.11 bits per heavy atom. The Balaban J connectivity index is 2.79. The van der Waals surface area contributed by atoms with Crippen molar-refractivity contribution in [2.75, 3.05) is 12.4 Å². The van der Waals surface area contributed by atoms with Gasteiger partial charge in [-0.2, -0.15) is 0 Å². The van der Waals surface area contributed by atoms with E-state index in [1.807, 2.05) is 0 Å². The van der Waals surface area contributed by atoms with Crippen LogP contribution in [0.25, 0.3) is 0 Å². The van der Waals surface area contributed by atoms with E-state index in [4.69, 9.17) is 50.2 Å². The van der Waals surface area contributed by atoms with Crippen LogP contribution in [0.3, 0.4) is 0 Å². The SMILES string of the molecule is CC(C)(COc1cc(Cl)c(Cl)cc1Cl)CS(=O)(=O)Cl. The van der Waals surface area contributed by atoms with Crippen LogP contribution in [0.4, 0.5) is 0 Å². The number of hydrogen-bond donors (Lipinski definition) is 0. The summed E-state index contributed by atoms with van der Waals surface area (Å²) in [4.78, 5) is 0. The molecule has 0 amide bonds. The number of halogens is 4. The molecular formula is C11H12Cl4O3S. The van der Waals surface area contributed by atoms with Gasteiger partial charge in [0.15, 0.2) is 0 Å². The Kier molecular flexibility index (Phi) is 5.67. The zero-order valence-corrected chi connectivity index (χ0v) is 14.1. The molecule has 0 unspecified atom stereocenters. The van der Waals surface area contributed by atoms with Crippen LogP contribution in [-0.4, -0.2) is 20.8 Å². The van der Waals surface area contributed by atoms with Gasteiger partial charge in [0.05, 0.1) is 27.4 Å². The minimum absolute atomic E-state index is 0.122. The van der Waals surface area contributed by atoms with E-state index in [0.29, 0.717) is 20.8 Å². The molecule has 0 heterocycles. The fraction of sp³-hybridized carbons (Fsp3) is 0.455. The second-order valence-corrected chi connectivity index (χ2v) is 8.83. The molecule has 108 valence electrons. The van der Waals surface area contributed by atoms with Gasteiger partial charge in [0, 0.05) is 22.2 Å². The van der Waals surface area contributed by atoms with E-state index in [-0.39, 0.29) is 12.4 Å². The van der Waals surface area contributed by atoms with Crippen LogP contribution in [0, 0.1) is 5.41 Å². The highest BCUT2D eigenvalue weighted by Gasteiger charge is 2.26. The van der Waals surface area contributed by atoms with E-state index < -0.39 is 14.5 Å². The largest absolute Gasteiger partial charge is 0.491 e. The van der Waals surface area contributed by atoms with E-state index in [1.54, 1.807) is 13.8 Å². The number of benzene rings is 1. The minimum Gasteiger partial charge on any atom is -0.491 e. The summed E-state index contributed by atoms with van der Waals surface area (Å²) in [5.74, 6) is 0.136. The van der Waals surface area contributed by atoms with E-state index in [1.165, 1.54) is 12.1 Å². The van der Waals surface area contributed by atoms with E-state index in [0.717, 1.165) is 0 Å². The molecule has 0 atom stereocenters. The van der Waals surface area contributed by atoms with Crippen LogP contribution >= 0.6 is 45.5 Å². The van der Waals surface area contributed by atoms with Crippen molar-refractivity contribution in [1.29, 1.82) is 0 Å². The third kappa shape index (κ3) is 5.96. The van der Waals surface area contributed by atoms with Crippen molar-refractivity contribution in [3.8, 4) is 5.75 Å². The molecule has 0 radical (unpaired) electrons. The molecule has 0 saturated heterocycles. The summed E-state index contributed by atoms with van der Waals surface area (Å²) >= 11 is 17.6. The topological polar surface area (TPSA) is 43.4 Å². The maximum Gasteiger partial charge on any atom is 0.233 e. The number of hydrogen-bond acceptors (Lipinski definition) is 3. The molecule has 0 aliphatic heterocycles. The average Bonchev–Trinajstić information content (AvgIpc) is 2.18. The molecule has 0 bridgehead atoms. The van der Waals surface area contributed by atoms with Crippen molar-refractivity contribution in [2.45, 2.75) is 13.8 Å². The second kappa shape index (κ2) is 6.27. The molecular weight excluding hydrogens is 354 g/mol. The van der Waals surface area contributed by atoms with Crippen molar-refractivity contribution < 1.29 is 13.2 Å². The average molecular weight is 366 g/mol. The summed E-state index contributed by atoms with van der Waals surface area (Å²) in [5, 5.41) is 0.935. The predicted octanol–water partition coefficient (Wildman–Crippen LogP) is 4.62. The lowest BCUT2D eigenvalue weighted by Crippen LogP contribution is -2.28. The van der Waals surface area contributed by atoms with Crippen LogP contribution in [0.5, 0.6) is 5.75 Å². The fourth-order valence-electron chi connectivity index (χ4n) is 1.40. The van der Waals surface area contributed by atoms with E-state index >= 15 is 0 Å². The maximum absolute atomic E-state index is 11.1. The highest BCUT2D eigenvalue weighted by atomic mass is 35.7. The molecule has 0 spiro atoms. The molecule has 0 aliphatic carbocycles. The zero-order valence-electron chi connectivity index (χ0n) is 10.2. The highest BCUT2D eigenvalue weighted by molar-refractivity contribution is 8.13. The van der Waals surface area contributed by atoms with E-state index in [2.05, 4.69) is 0 Å². The first-order valence-electron chi connectivity index (χ1n) is 5.20. The Bertz CT molecular complexity index is 570. The fourth-order valence-corrected chi connectivity index (χ4v) is 3.89. The minimum atomic E-state index is -3.60. The zero-order chi connectivity index (χ0) is 14.8. The standard InChI is InChI=1S/C11H12Cl4O3S/c1-11(2,6-19(15,16)17)5-18-10-4-8(13)7(12)3-9(10)14/h3-4H,5-6H2,1-2H3. The first kappa shape index (κ1) is 17.2. The van der Waals surface area contributed by atoms with Gasteiger partial charge in [-0.15, -0.1) is 0 Å². The molecule has 0 N–H and O–H groups in total. The first-order chi connectivity index (χ1) is 8.50. The number of rotatable bonds is 5. The lowest BCUT2D eigenvalue weighted by Gasteiger charge is -2.23. The Labute approximate surface area is 132 Å². The van der Waals surface area contributed by atoms with Gasteiger partial charge in [0.25, 0.3) is 0 Å². The Morgan fingerprint density at radius 3 is 2.16 bits per heavy atom. The molecule has 0 aromatic heterocycles. The van der Waals surface area contributed by atoms with Gasteiger partial charge >= 0.3 is 0 Å². The van der Waals surface area contributed by atoms with Crippen LogP contribution in [-0.2, 0) is 9.05 Å². The summed E-state index contributed by atoms with van der Waals surface area (Å²) in [6, 6.07) is 2.95. The van der Waals surface area contributed by atoms with Gasteiger partial charge in [0.1, 0.15) is 5.75 Å². The predicted molar refractivity (Wildman–Crippen MR) is 80.4 cm³/mol. The molecule has 0 saturated carbocycles. The van der Waals surface area contributed by atoms with Crippen LogP contribution in [0.2, 0.25) is 15.1 Å².